The first-order valence-corrected chi connectivity index (χ1v) is 6.53. The van der Waals surface area contributed by atoms with E-state index in [4.69, 9.17) is 16.7 Å². The van der Waals surface area contributed by atoms with Gasteiger partial charge in [-0.1, -0.05) is 11.6 Å². The van der Waals surface area contributed by atoms with Crippen LogP contribution in [-0.4, -0.2) is 16.1 Å². The molecule has 0 aliphatic rings. The first-order valence-electron chi connectivity index (χ1n) is 5.08. The standard InChI is InChI=1S/C12H7ClFIN2O2/c13-8-3-6(15)4-9(14)11(8)17-10-1-2-16-5-7(10)12(18)19/h1-5H,(H,16,17)(H,18,19). The lowest BCUT2D eigenvalue weighted by Gasteiger charge is -2.11. The number of carbonyl (C=O) groups is 1. The lowest BCUT2D eigenvalue weighted by molar-refractivity contribution is 0.0697. The van der Waals surface area contributed by atoms with Gasteiger partial charge in [0.1, 0.15) is 11.4 Å². The van der Waals surface area contributed by atoms with Gasteiger partial charge in [-0.25, -0.2) is 9.18 Å². The Kier molecular flexibility index (Phi) is 4.20. The van der Waals surface area contributed by atoms with Crippen LogP contribution < -0.4 is 5.32 Å². The second-order valence-corrected chi connectivity index (χ2v) is 5.25. The summed E-state index contributed by atoms with van der Waals surface area (Å²) < 4.78 is 14.5. The van der Waals surface area contributed by atoms with Crippen LogP contribution in [0.1, 0.15) is 10.4 Å². The lowest BCUT2D eigenvalue weighted by Crippen LogP contribution is -2.04. The van der Waals surface area contributed by atoms with E-state index < -0.39 is 11.8 Å². The number of carboxylic acid groups (broad SMARTS) is 1. The highest BCUT2D eigenvalue weighted by Gasteiger charge is 2.14. The molecule has 0 bridgehead atoms. The summed E-state index contributed by atoms with van der Waals surface area (Å²) in [5, 5.41) is 11.9. The molecule has 0 saturated heterocycles. The van der Waals surface area contributed by atoms with E-state index in [0.717, 1.165) is 0 Å². The quantitative estimate of drug-likeness (QED) is 0.777. The minimum absolute atomic E-state index is 0.0378. The average molecular weight is 393 g/mol. The number of nitrogens with zero attached hydrogens (tertiary/aromatic N) is 1. The van der Waals surface area contributed by atoms with Gasteiger partial charge in [0.25, 0.3) is 0 Å². The monoisotopic (exact) mass is 392 g/mol. The van der Waals surface area contributed by atoms with Crippen molar-refractivity contribution in [3.05, 3.63) is 50.6 Å². The Morgan fingerprint density at radius 1 is 1.47 bits per heavy atom. The molecule has 0 unspecified atom stereocenters. The molecule has 0 aliphatic heterocycles. The first kappa shape index (κ1) is 14.0. The summed E-state index contributed by atoms with van der Waals surface area (Å²) in [5.74, 6) is -1.71. The van der Waals surface area contributed by atoms with Crippen molar-refractivity contribution in [1.29, 1.82) is 0 Å². The fraction of sp³-hybridized carbons (Fsp3) is 0. The summed E-state index contributed by atoms with van der Waals surface area (Å²) in [6, 6.07) is 4.32. The maximum absolute atomic E-state index is 13.8. The van der Waals surface area contributed by atoms with Gasteiger partial charge in [0, 0.05) is 16.0 Å². The maximum Gasteiger partial charge on any atom is 0.339 e. The molecule has 0 fully saturated rings. The van der Waals surface area contributed by atoms with E-state index in [0.29, 0.717) is 3.57 Å². The fourth-order valence-corrected chi connectivity index (χ4v) is 2.49. The number of anilines is 2. The van der Waals surface area contributed by atoms with Gasteiger partial charge in [0.2, 0.25) is 0 Å². The largest absolute Gasteiger partial charge is 0.478 e. The van der Waals surface area contributed by atoms with E-state index in [1.807, 2.05) is 22.6 Å². The van der Waals surface area contributed by atoms with Crippen LogP contribution in [-0.2, 0) is 0 Å². The zero-order chi connectivity index (χ0) is 14.0. The van der Waals surface area contributed by atoms with Crippen molar-refractivity contribution in [1.82, 2.24) is 4.98 Å². The molecule has 1 aromatic carbocycles. The number of aromatic nitrogens is 1. The number of rotatable bonds is 3. The van der Waals surface area contributed by atoms with Crippen molar-refractivity contribution in [3.63, 3.8) is 0 Å². The predicted octanol–water partition coefficient (Wildman–Crippen LogP) is 3.92. The molecule has 2 aromatic rings. The molecule has 0 saturated carbocycles. The number of pyridine rings is 1. The second-order valence-electron chi connectivity index (χ2n) is 3.60. The zero-order valence-electron chi connectivity index (χ0n) is 9.32. The maximum atomic E-state index is 13.8. The number of nitrogens with one attached hydrogen (secondary N) is 1. The SMILES string of the molecule is O=C(O)c1cnccc1Nc1c(F)cc(I)cc1Cl. The Morgan fingerprint density at radius 2 is 2.21 bits per heavy atom. The number of carboxylic acids is 1. The van der Waals surface area contributed by atoms with Gasteiger partial charge in [-0.15, -0.1) is 0 Å². The molecule has 4 nitrogen and oxygen atoms in total. The van der Waals surface area contributed by atoms with E-state index in [9.17, 15) is 9.18 Å². The van der Waals surface area contributed by atoms with Gasteiger partial charge in [-0.2, -0.15) is 0 Å². The normalized spacial score (nSPS) is 10.3. The number of hydrogen-bond donors (Lipinski definition) is 2. The third-order valence-corrected chi connectivity index (χ3v) is 3.24. The van der Waals surface area contributed by atoms with E-state index in [1.165, 1.54) is 24.5 Å². The van der Waals surface area contributed by atoms with Crippen molar-refractivity contribution in [2.45, 2.75) is 0 Å². The number of halogens is 3. The van der Waals surface area contributed by atoms with E-state index in [-0.39, 0.29) is 22.0 Å². The minimum Gasteiger partial charge on any atom is -0.478 e. The van der Waals surface area contributed by atoms with Crippen LogP contribution >= 0.6 is 34.2 Å². The highest BCUT2D eigenvalue weighted by molar-refractivity contribution is 14.1. The van der Waals surface area contributed by atoms with Crippen molar-refractivity contribution < 1.29 is 14.3 Å². The van der Waals surface area contributed by atoms with Crippen LogP contribution in [0.3, 0.4) is 0 Å². The molecule has 7 heteroatoms. The zero-order valence-corrected chi connectivity index (χ0v) is 12.2. The molecule has 98 valence electrons. The van der Waals surface area contributed by atoms with Crippen LogP contribution in [0.2, 0.25) is 5.02 Å². The molecule has 2 N–H and O–H groups in total. The van der Waals surface area contributed by atoms with E-state index >= 15 is 0 Å². The molecule has 0 radical (unpaired) electrons. The number of hydrogen-bond acceptors (Lipinski definition) is 3. The number of benzene rings is 1. The Hall–Kier alpha value is -1.41. The lowest BCUT2D eigenvalue weighted by atomic mass is 10.2. The summed E-state index contributed by atoms with van der Waals surface area (Å²) in [6.45, 7) is 0. The Balaban J connectivity index is 2.45. The average Bonchev–Trinajstić information content (AvgIpc) is 2.34. The van der Waals surface area contributed by atoms with Gasteiger partial charge in [0.05, 0.1) is 16.4 Å². The smallest absolute Gasteiger partial charge is 0.339 e. The van der Waals surface area contributed by atoms with Gasteiger partial charge < -0.3 is 10.4 Å². The molecular formula is C12H7ClFIN2O2. The van der Waals surface area contributed by atoms with E-state index in [2.05, 4.69) is 10.3 Å². The highest BCUT2D eigenvalue weighted by Crippen LogP contribution is 2.31. The highest BCUT2D eigenvalue weighted by atomic mass is 127. The van der Waals surface area contributed by atoms with Gasteiger partial charge >= 0.3 is 5.97 Å². The summed E-state index contributed by atoms with van der Waals surface area (Å²) >= 11 is 7.89. The second kappa shape index (κ2) is 5.70. The molecule has 2 rings (SSSR count). The third-order valence-electron chi connectivity index (χ3n) is 2.32. The van der Waals surface area contributed by atoms with Crippen molar-refractivity contribution in [2.75, 3.05) is 5.32 Å². The summed E-state index contributed by atoms with van der Waals surface area (Å²) in [7, 11) is 0. The fourth-order valence-electron chi connectivity index (χ4n) is 1.47. The van der Waals surface area contributed by atoms with Crippen LogP contribution in [0.15, 0.2) is 30.6 Å². The molecule has 1 heterocycles. The van der Waals surface area contributed by atoms with Gasteiger partial charge in [0.15, 0.2) is 0 Å². The van der Waals surface area contributed by atoms with Gasteiger partial charge in [-0.05, 0) is 40.8 Å². The Bertz CT molecular complexity index is 628. The summed E-state index contributed by atoms with van der Waals surface area (Å²) in [5.41, 5.74) is 0.205. The van der Waals surface area contributed by atoms with Gasteiger partial charge in [-0.3, -0.25) is 4.98 Å². The van der Waals surface area contributed by atoms with Crippen LogP contribution in [0.5, 0.6) is 0 Å². The molecule has 0 amide bonds. The van der Waals surface area contributed by atoms with Crippen LogP contribution in [0.4, 0.5) is 15.8 Å². The minimum atomic E-state index is -1.15. The van der Waals surface area contributed by atoms with E-state index in [1.54, 1.807) is 6.07 Å². The third kappa shape index (κ3) is 3.13. The first-order chi connectivity index (χ1) is 8.99. The predicted molar refractivity (Wildman–Crippen MR) is 78.6 cm³/mol. The van der Waals surface area contributed by atoms with Crippen molar-refractivity contribution >= 4 is 51.5 Å². The molecule has 0 atom stereocenters. The summed E-state index contributed by atoms with van der Waals surface area (Å²) in [4.78, 5) is 14.7. The van der Waals surface area contributed by atoms with Crippen LogP contribution in [0, 0.1) is 9.39 Å². The molecule has 0 spiro atoms. The van der Waals surface area contributed by atoms with Crippen molar-refractivity contribution in [3.8, 4) is 0 Å². The Morgan fingerprint density at radius 3 is 2.84 bits per heavy atom. The summed E-state index contributed by atoms with van der Waals surface area (Å²) in [6.07, 6.45) is 2.59. The number of aromatic carboxylic acids is 1. The Labute approximate surface area is 126 Å². The van der Waals surface area contributed by atoms with Crippen LogP contribution in [0.25, 0.3) is 0 Å². The molecule has 0 aliphatic carbocycles. The molecule has 19 heavy (non-hydrogen) atoms. The molecule has 1 aromatic heterocycles. The van der Waals surface area contributed by atoms with Crippen molar-refractivity contribution in [2.24, 2.45) is 0 Å². The topological polar surface area (TPSA) is 62.2 Å². The molecular weight excluding hydrogens is 385 g/mol.